The van der Waals surface area contributed by atoms with Crippen molar-refractivity contribution < 1.29 is 0 Å². The predicted molar refractivity (Wildman–Crippen MR) is 81.5 cm³/mol. The van der Waals surface area contributed by atoms with Crippen molar-refractivity contribution in [1.29, 1.82) is 5.26 Å². The van der Waals surface area contributed by atoms with E-state index in [9.17, 15) is 5.26 Å². The summed E-state index contributed by atoms with van der Waals surface area (Å²) in [5, 5.41) is 9.79. The van der Waals surface area contributed by atoms with Gasteiger partial charge in [0.15, 0.2) is 0 Å². The minimum Gasteiger partial charge on any atom is -0.370 e. The molecule has 19 heavy (non-hydrogen) atoms. The molecule has 0 atom stereocenters. The van der Waals surface area contributed by atoms with Crippen molar-refractivity contribution in [3.63, 3.8) is 0 Å². The Morgan fingerprint density at radius 2 is 2.11 bits per heavy atom. The second kappa shape index (κ2) is 6.79. The molecule has 0 bridgehead atoms. The van der Waals surface area contributed by atoms with Gasteiger partial charge in [0.1, 0.15) is 6.07 Å². The number of nitrogens with zero attached hydrogens (tertiary/aromatic N) is 2. The highest BCUT2D eigenvalue weighted by molar-refractivity contribution is 6.32. The van der Waals surface area contributed by atoms with Gasteiger partial charge in [-0.3, -0.25) is 0 Å². The number of rotatable bonds is 6. The van der Waals surface area contributed by atoms with Crippen molar-refractivity contribution >= 4 is 17.3 Å². The maximum atomic E-state index is 9.29. The van der Waals surface area contributed by atoms with Crippen LogP contribution in [0.3, 0.4) is 0 Å². The van der Waals surface area contributed by atoms with Gasteiger partial charge in [0.25, 0.3) is 0 Å². The SMILES string of the molecule is CCCN(CC(C)(C)CN)c1cccc(Cl)c1C#N. The highest BCUT2D eigenvalue weighted by Crippen LogP contribution is 2.29. The zero-order chi connectivity index (χ0) is 14.5. The molecule has 0 saturated heterocycles. The normalized spacial score (nSPS) is 11.2. The van der Waals surface area contributed by atoms with Crippen LogP contribution in [0.4, 0.5) is 5.69 Å². The monoisotopic (exact) mass is 279 g/mol. The quantitative estimate of drug-likeness (QED) is 0.868. The Balaban J connectivity index is 3.13. The number of anilines is 1. The highest BCUT2D eigenvalue weighted by atomic mass is 35.5. The van der Waals surface area contributed by atoms with Crippen LogP contribution < -0.4 is 10.6 Å². The number of benzene rings is 1. The summed E-state index contributed by atoms with van der Waals surface area (Å²) in [6, 6.07) is 7.79. The summed E-state index contributed by atoms with van der Waals surface area (Å²) in [5.41, 5.74) is 7.26. The minimum atomic E-state index is 0.00418. The molecular weight excluding hydrogens is 258 g/mol. The first-order valence-corrected chi connectivity index (χ1v) is 6.96. The van der Waals surface area contributed by atoms with E-state index in [0.717, 1.165) is 25.2 Å². The fraction of sp³-hybridized carbons (Fsp3) is 0.533. The molecule has 0 radical (unpaired) electrons. The molecule has 0 fully saturated rings. The lowest BCUT2D eigenvalue weighted by Crippen LogP contribution is -2.39. The minimum absolute atomic E-state index is 0.00418. The van der Waals surface area contributed by atoms with Gasteiger partial charge < -0.3 is 10.6 Å². The van der Waals surface area contributed by atoms with Crippen molar-refractivity contribution in [2.45, 2.75) is 27.2 Å². The Morgan fingerprint density at radius 3 is 2.63 bits per heavy atom. The van der Waals surface area contributed by atoms with E-state index in [1.54, 1.807) is 6.07 Å². The Bertz CT molecular complexity index is 463. The number of hydrogen-bond donors (Lipinski definition) is 1. The molecule has 1 aromatic rings. The van der Waals surface area contributed by atoms with Crippen LogP contribution in [-0.2, 0) is 0 Å². The van der Waals surface area contributed by atoms with Crippen LogP contribution >= 0.6 is 11.6 Å². The molecule has 0 aliphatic rings. The third-order valence-electron chi connectivity index (χ3n) is 3.11. The molecule has 0 spiro atoms. The molecule has 0 aromatic heterocycles. The van der Waals surface area contributed by atoms with Gasteiger partial charge in [-0.2, -0.15) is 5.26 Å². The first-order valence-electron chi connectivity index (χ1n) is 6.59. The van der Waals surface area contributed by atoms with Crippen LogP contribution in [0.25, 0.3) is 0 Å². The van der Waals surface area contributed by atoms with E-state index in [-0.39, 0.29) is 5.41 Å². The van der Waals surface area contributed by atoms with Crippen LogP contribution in [0.15, 0.2) is 18.2 Å². The van der Waals surface area contributed by atoms with E-state index in [1.165, 1.54) is 0 Å². The molecule has 4 heteroatoms. The zero-order valence-electron chi connectivity index (χ0n) is 11.9. The van der Waals surface area contributed by atoms with Gasteiger partial charge in [-0.15, -0.1) is 0 Å². The zero-order valence-corrected chi connectivity index (χ0v) is 12.7. The Hall–Kier alpha value is -1.24. The van der Waals surface area contributed by atoms with Crippen molar-refractivity contribution in [2.24, 2.45) is 11.1 Å². The molecule has 0 unspecified atom stereocenters. The van der Waals surface area contributed by atoms with Gasteiger partial charge in [-0.1, -0.05) is 38.4 Å². The molecule has 0 aliphatic heterocycles. The fourth-order valence-electron chi connectivity index (χ4n) is 2.02. The summed E-state index contributed by atoms with van der Waals surface area (Å²) in [6.45, 7) is 8.69. The summed E-state index contributed by atoms with van der Waals surface area (Å²) in [4.78, 5) is 2.21. The second-order valence-corrected chi connectivity index (χ2v) is 5.94. The lowest BCUT2D eigenvalue weighted by atomic mass is 9.92. The largest absolute Gasteiger partial charge is 0.370 e. The smallest absolute Gasteiger partial charge is 0.103 e. The Kier molecular flexibility index (Phi) is 5.65. The molecule has 3 nitrogen and oxygen atoms in total. The number of halogens is 1. The van der Waals surface area contributed by atoms with Crippen molar-refractivity contribution in [2.75, 3.05) is 24.5 Å². The molecule has 0 aliphatic carbocycles. The van der Waals surface area contributed by atoms with Gasteiger partial charge in [-0.05, 0) is 30.5 Å². The third kappa shape index (κ3) is 4.12. The number of nitriles is 1. The summed E-state index contributed by atoms with van der Waals surface area (Å²) < 4.78 is 0. The first-order chi connectivity index (χ1) is 8.95. The van der Waals surface area contributed by atoms with E-state index >= 15 is 0 Å². The lowest BCUT2D eigenvalue weighted by molar-refractivity contribution is 0.377. The average Bonchev–Trinajstić information content (AvgIpc) is 2.38. The molecule has 1 aromatic carbocycles. The van der Waals surface area contributed by atoms with E-state index in [2.05, 4.69) is 31.7 Å². The average molecular weight is 280 g/mol. The second-order valence-electron chi connectivity index (χ2n) is 5.54. The van der Waals surface area contributed by atoms with Crippen LogP contribution in [-0.4, -0.2) is 19.6 Å². The van der Waals surface area contributed by atoms with E-state index < -0.39 is 0 Å². The van der Waals surface area contributed by atoms with Crippen LogP contribution in [0.5, 0.6) is 0 Å². The summed E-state index contributed by atoms with van der Waals surface area (Å²) in [5.74, 6) is 0. The number of nitrogens with two attached hydrogens (primary N) is 1. The maximum Gasteiger partial charge on any atom is 0.103 e. The van der Waals surface area contributed by atoms with Gasteiger partial charge in [-0.25, -0.2) is 0 Å². The van der Waals surface area contributed by atoms with Crippen LogP contribution in [0.2, 0.25) is 5.02 Å². The Labute approximate surface area is 121 Å². The van der Waals surface area contributed by atoms with Crippen molar-refractivity contribution in [3.05, 3.63) is 28.8 Å². The van der Waals surface area contributed by atoms with Crippen molar-refractivity contribution in [3.8, 4) is 6.07 Å². The van der Waals surface area contributed by atoms with Gasteiger partial charge in [0.05, 0.1) is 16.3 Å². The van der Waals surface area contributed by atoms with E-state index in [0.29, 0.717) is 17.1 Å². The van der Waals surface area contributed by atoms with Crippen molar-refractivity contribution in [1.82, 2.24) is 0 Å². The lowest BCUT2D eigenvalue weighted by Gasteiger charge is -2.34. The van der Waals surface area contributed by atoms with E-state index in [4.69, 9.17) is 17.3 Å². The first kappa shape index (κ1) is 15.8. The molecule has 1 rings (SSSR count). The standard InChI is InChI=1S/C15H22ClN3/c1-4-8-19(11-15(2,3)10-18)14-7-5-6-13(16)12(14)9-17/h5-7H,4,8,10-11,18H2,1-3H3. The molecule has 0 amide bonds. The van der Waals surface area contributed by atoms with Gasteiger partial charge in [0.2, 0.25) is 0 Å². The molecular formula is C15H22ClN3. The summed E-state index contributed by atoms with van der Waals surface area (Å²) in [7, 11) is 0. The molecule has 104 valence electrons. The van der Waals surface area contributed by atoms with Crippen LogP contribution in [0, 0.1) is 16.7 Å². The summed E-state index contributed by atoms with van der Waals surface area (Å²) >= 11 is 6.11. The topological polar surface area (TPSA) is 53.0 Å². The van der Waals surface area contributed by atoms with E-state index in [1.807, 2.05) is 12.1 Å². The number of hydrogen-bond acceptors (Lipinski definition) is 3. The Morgan fingerprint density at radius 1 is 1.42 bits per heavy atom. The third-order valence-corrected chi connectivity index (χ3v) is 3.42. The van der Waals surface area contributed by atoms with Crippen LogP contribution in [0.1, 0.15) is 32.8 Å². The fourth-order valence-corrected chi connectivity index (χ4v) is 2.23. The molecule has 0 heterocycles. The predicted octanol–water partition coefficient (Wildman–Crippen LogP) is 3.41. The summed E-state index contributed by atoms with van der Waals surface area (Å²) in [6.07, 6.45) is 1.01. The molecule has 2 N–H and O–H groups in total. The highest BCUT2D eigenvalue weighted by Gasteiger charge is 2.22. The van der Waals surface area contributed by atoms with Gasteiger partial charge >= 0.3 is 0 Å². The molecule has 0 saturated carbocycles. The van der Waals surface area contributed by atoms with Gasteiger partial charge in [0, 0.05) is 13.1 Å². The maximum absolute atomic E-state index is 9.29.